The monoisotopic (exact) mass is 292 g/mol. The van der Waals surface area contributed by atoms with E-state index < -0.39 is 11.6 Å². The minimum Gasteiger partial charge on any atom is -0.318 e. The fourth-order valence-corrected chi connectivity index (χ4v) is 1.80. The highest BCUT2D eigenvalue weighted by molar-refractivity contribution is 9.10. The lowest BCUT2D eigenvalue weighted by molar-refractivity contribution is 0.488. The second-order valence-electron chi connectivity index (χ2n) is 3.69. The highest BCUT2D eigenvalue weighted by Gasteiger charge is 2.11. The van der Waals surface area contributed by atoms with Gasteiger partial charge in [0.05, 0.1) is 0 Å². The van der Waals surface area contributed by atoms with Gasteiger partial charge in [0.1, 0.15) is 11.6 Å². The van der Waals surface area contributed by atoms with Crippen molar-refractivity contribution in [3.05, 3.63) is 33.8 Å². The molecule has 0 saturated heterocycles. The Morgan fingerprint density at radius 2 is 1.88 bits per heavy atom. The lowest BCUT2D eigenvalue weighted by Gasteiger charge is -2.14. The first-order chi connectivity index (χ1) is 7.54. The minimum atomic E-state index is -0.531. The standard InChI is InChI=1S/C11H15BrF2N2/c1-7(5-15-2)16-6-9-10(13)3-8(12)4-11(9)14/h3-4,7,15-16H,5-6H2,1-2H3. The predicted molar refractivity (Wildman–Crippen MR) is 64.3 cm³/mol. The summed E-state index contributed by atoms with van der Waals surface area (Å²) in [6.07, 6.45) is 0. The Kier molecular flexibility index (Phi) is 5.31. The van der Waals surface area contributed by atoms with Crippen molar-refractivity contribution < 1.29 is 8.78 Å². The topological polar surface area (TPSA) is 24.1 Å². The summed E-state index contributed by atoms with van der Waals surface area (Å²) in [5.74, 6) is -1.06. The van der Waals surface area contributed by atoms with Crippen molar-refractivity contribution >= 4 is 15.9 Å². The van der Waals surface area contributed by atoms with Crippen LogP contribution in [0.4, 0.5) is 8.78 Å². The van der Waals surface area contributed by atoms with Crippen LogP contribution in [0.5, 0.6) is 0 Å². The molecule has 0 heterocycles. The van der Waals surface area contributed by atoms with E-state index in [1.807, 2.05) is 14.0 Å². The van der Waals surface area contributed by atoms with Crippen LogP contribution in [0.1, 0.15) is 12.5 Å². The third kappa shape index (κ3) is 3.81. The van der Waals surface area contributed by atoms with Gasteiger partial charge in [0.15, 0.2) is 0 Å². The highest BCUT2D eigenvalue weighted by Crippen LogP contribution is 2.19. The van der Waals surface area contributed by atoms with E-state index in [0.717, 1.165) is 6.54 Å². The average molecular weight is 293 g/mol. The van der Waals surface area contributed by atoms with Gasteiger partial charge in [0.2, 0.25) is 0 Å². The van der Waals surface area contributed by atoms with Crippen molar-refractivity contribution in [2.24, 2.45) is 0 Å². The Balaban J connectivity index is 2.67. The predicted octanol–water partition coefficient (Wildman–Crippen LogP) is 2.42. The Hall–Kier alpha value is -0.520. The first-order valence-electron chi connectivity index (χ1n) is 5.06. The van der Waals surface area contributed by atoms with Crippen LogP contribution in [0.25, 0.3) is 0 Å². The van der Waals surface area contributed by atoms with Crippen molar-refractivity contribution in [1.29, 1.82) is 0 Å². The van der Waals surface area contributed by atoms with Crippen LogP contribution < -0.4 is 10.6 Å². The Bertz CT molecular complexity index is 335. The quantitative estimate of drug-likeness (QED) is 0.871. The summed E-state index contributed by atoms with van der Waals surface area (Å²) in [5.41, 5.74) is 0.0751. The molecule has 0 fully saturated rings. The third-order valence-electron chi connectivity index (χ3n) is 2.24. The fraction of sp³-hybridized carbons (Fsp3) is 0.455. The summed E-state index contributed by atoms with van der Waals surface area (Å²) in [4.78, 5) is 0. The highest BCUT2D eigenvalue weighted by atomic mass is 79.9. The molecule has 1 unspecified atom stereocenters. The van der Waals surface area contributed by atoms with Crippen molar-refractivity contribution in [3.8, 4) is 0 Å². The van der Waals surface area contributed by atoms with E-state index >= 15 is 0 Å². The molecule has 2 N–H and O–H groups in total. The van der Waals surface area contributed by atoms with Crippen LogP contribution in [0.15, 0.2) is 16.6 Å². The van der Waals surface area contributed by atoms with Crippen molar-refractivity contribution in [2.45, 2.75) is 19.5 Å². The first-order valence-corrected chi connectivity index (χ1v) is 5.85. The van der Waals surface area contributed by atoms with Crippen LogP contribution in [-0.4, -0.2) is 19.6 Å². The number of hydrogen-bond acceptors (Lipinski definition) is 2. The lowest BCUT2D eigenvalue weighted by Crippen LogP contribution is -2.34. The van der Waals surface area contributed by atoms with Crippen LogP contribution in [0.3, 0.4) is 0 Å². The van der Waals surface area contributed by atoms with E-state index in [0.29, 0.717) is 4.47 Å². The summed E-state index contributed by atoms with van der Waals surface area (Å²) in [6, 6.07) is 2.69. The van der Waals surface area contributed by atoms with Gasteiger partial charge in [-0.1, -0.05) is 15.9 Å². The van der Waals surface area contributed by atoms with Crippen LogP contribution in [0.2, 0.25) is 0 Å². The molecule has 0 aromatic heterocycles. The number of rotatable bonds is 5. The number of halogens is 3. The molecule has 90 valence electrons. The zero-order chi connectivity index (χ0) is 12.1. The summed E-state index contributed by atoms with van der Waals surface area (Å²) in [5, 5.41) is 6.03. The molecule has 0 spiro atoms. The van der Waals surface area contributed by atoms with Gasteiger partial charge in [0, 0.05) is 29.2 Å². The van der Waals surface area contributed by atoms with Crippen LogP contribution in [0, 0.1) is 11.6 Å². The number of hydrogen-bond donors (Lipinski definition) is 2. The molecule has 1 atom stereocenters. The molecule has 2 nitrogen and oxygen atoms in total. The molecule has 5 heteroatoms. The third-order valence-corrected chi connectivity index (χ3v) is 2.70. The molecule has 0 aliphatic rings. The molecule has 0 aliphatic carbocycles. The van der Waals surface area contributed by atoms with E-state index in [1.165, 1.54) is 12.1 Å². The van der Waals surface area contributed by atoms with Gasteiger partial charge in [-0.3, -0.25) is 0 Å². The molecule has 1 rings (SSSR count). The number of likely N-dealkylation sites (N-methyl/N-ethyl adjacent to an activating group) is 1. The zero-order valence-corrected chi connectivity index (χ0v) is 10.9. The first kappa shape index (κ1) is 13.5. The van der Waals surface area contributed by atoms with Gasteiger partial charge >= 0.3 is 0 Å². The van der Waals surface area contributed by atoms with Gasteiger partial charge in [0.25, 0.3) is 0 Å². The molecule has 0 aliphatic heterocycles. The molecule has 1 aromatic rings. The Labute approximate surface area is 103 Å². The van der Waals surface area contributed by atoms with Gasteiger partial charge in [-0.15, -0.1) is 0 Å². The maximum atomic E-state index is 13.4. The van der Waals surface area contributed by atoms with E-state index in [2.05, 4.69) is 26.6 Å². The van der Waals surface area contributed by atoms with E-state index in [1.54, 1.807) is 0 Å². The van der Waals surface area contributed by atoms with Gasteiger partial charge in [-0.2, -0.15) is 0 Å². The van der Waals surface area contributed by atoms with E-state index in [4.69, 9.17) is 0 Å². The summed E-state index contributed by atoms with van der Waals surface area (Å²) in [7, 11) is 1.83. The molecule has 1 aromatic carbocycles. The average Bonchev–Trinajstić information content (AvgIpc) is 2.16. The maximum Gasteiger partial charge on any atom is 0.131 e. The Morgan fingerprint density at radius 1 is 1.31 bits per heavy atom. The van der Waals surface area contributed by atoms with Gasteiger partial charge in [-0.25, -0.2) is 8.78 Å². The zero-order valence-electron chi connectivity index (χ0n) is 9.28. The normalized spacial score (nSPS) is 12.8. The Morgan fingerprint density at radius 3 is 2.38 bits per heavy atom. The molecule has 0 bridgehead atoms. The second kappa shape index (κ2) is 6.27. The fourth-order valence-electron chi connectivity index (χ4n) is 1.40. The van der Waals surface area contributed by atoms with Crippen LogP contribution >= 0.6 is 15.9 Å². The summed E-state index contributed by atoms with van der Waals surface area (Å²) in [6.45, 7) is 2.89. The molecule has 0 radical (unpaired) electrons. The van der Waals surface area contributed by atoms with Crippen molar-refractivity contribution in [2.75, 3.05) is 13.6 Å². The SMILES string of the molecule is CNCC(C)NCc1c(F)cc(Br)cc1F. The van der Waals surface area contributed by atoms with E-state index in [-0.39, 0.29) is 18.2 Å². The lowest BCUT2D eigenvalue weighted by atomic mass is 10.2. The summed E-state index contributed by atoms with van der Waals surface area (Å²) < 4.78 is 27.3. The smallest absolute Gasteiger partial charge is 0.131 e. The molecular formula is C11H15BrF2N2. The molecular weight excluding hydrogens is 278 g/mol. The molecule has 16 heavy (non-hydrogen) atoms. The second-order valence-corrected chi connectivity index (χ2v) is 4.60. The van der Waals surface area contributed by atoms with Gasteiger partial charge in [-0.05, 0) is 26.1 Å². The van der Waals surface area contributed by atoms with E-state index in [9.17, 15) is 8.78 Å². The minimum absolute atomic E-state index is 0.0751. The van der Waals surface area contributed by atoms with Crippen molar-refractivity contribution in [1.82, 2.24) is 10.6 Å². The number of nitrogens with one attached hydrogen (secondary N) is 2. The molecule has 0 amide bonds. The molecule has 0 saturated carbocycles. The maximum absolute atomic E-state index is 13.4. The van der Waals surface area contributed by atoms with Crippen molar-refractivity contribution in [3.63, 3.8) is 0 Å². The van der Waals surface area contributed by atoms with Crippen LogP contribution in [-0.2, 0) is 6.54 Å². The van der Waals surface area contributed by atoms with Gasteiger partial charge < -0.3 is 10.6 Å². The summed E-state index contributed by atoms with van der Waals surface area (Å²) >= 11 is 3.04. The largest absolute Gasteiger partial charge is 0.318 e. The number of benzene rings is 1.